The molecular weight excluding hydrogens is 236 g/mol. The summed E-state index contributed by atoms with van der Waals surface area (Å²) >= 11 is 0. The Bertz CT molecular complexity index is 658. The van der Waals surface area contributed by atoms with Crippen molar-refractivity contribution in [2.45, 2.75) is 6.42 Å². The molecule has 92 valence electrons. The van der Waals surface area contributed by atoms with Crippen LogP contribution in [0.25, 0.3) is 0 Å². The van der Waals surface area contributed by atoms with Crippen LogP contribution >= 0.6 is 0 Å². The van der Waals surface area contributed by atoms with Crippen LogP contribution < -0.4 is 0 Å². The molecule has 0 aromatic heterocycles. The van der Waals surface area contributed by atoms with Gasteiger partial charge >= 0.3 is 0 Å². The van der Waals surface area contributed by atoms with Crippen LogP contribution in [0.2, 0.25) is 0 Å². The van der Waals surface area contributed by atoms with Gasteiger partial charge in [0, 0.05) is 12.0 Å². The first kappa shape index (κ1) is 11.5. The SMILES string of the molecule is O=C(C1=NN=C(c2ccccc2)C1)c1ccccc1. The summed E-state index contributed by atoms with van der Waals surface area (Å²) in [5.41, 5.74) is 3.03. The van der Waals surface area contributed by atoms with Crippen molar-refractivity contribution in [3.05, 3.63) is 71.8 Å². The van der Waals surface area contributed by atoms with Gasteiger partial charge in [0.15, 0.2) is 0 Å². The van der Waals surface area contributed by atoms with E-state index in [0.29, 0.717) is 17.7 Å². The molecule has 1 heterocycles. The van der Waals surface area contributed by atoms with Crippen LogP contribution in [0.15, 0.2) is 70.9 Å². The Morgan fingerprint density at radius 2 is 1.47 bits per heavy atom. The van der Waals surface area contributed by atoms with E-state index >= 15 is 0 Å². The van der Waals surface area contributed by atoms with Crippen molar-refractivity contribution in [1.82, 2.24) is 0 Å². The topological polar surface area (TPSA) is 41.8 Å². The lowest BCUT2D eigenvalue weighted by Crippen LogP contribution is -2.15. The number of hydrogen-bond donors (Lipinski definition) is 0. The standard InChI is InChI=1S/C16H12N2O/c19-16(13-9-5-2-6-10-13)15-11-14(17-18-15)12-7-3-1-4-8-12/h1-10H,11H2. The van der Waals surface area contributed by atoms with Crippen LogP contribution in [0.1, 0.15) is 22.3 Å². The maximum atomic E-state index is 12.2. The van der Waals surface area contributed by atoms with Gasteiger partial charge in [-0.05, 0) is 5.56 Å². The zero-order valence-corrected chi connectivity index (χ0v) is 10.3. The second-order valence-electron chi connectivity index (χ2n) is 4.33. The van der Waals surface area contributed by atoms with E-state index in [0.717, 1.165) is 11.3 Å². The van der Waals surface area contributed by atoms with E-state index in [9.17, 15) is 4.79 Å². The van der Waals surface area contributed by atoms with E-state index in [1.807, 2.05) is 48.5 Å². The molecule has 2 aromatic carbocycles. The van der Waals surface area contributed by atoms with E-state index in [1.54, 1.807) is 12.1 Å². The number of hydrogen-bond acceptors (Lipinski definition) is 3. The van der Waals surface area contributed by atoms with Gasteiger partial charge in [0.2, 0.25) is 5.78 Å². The van der Waals surface area contributed by atoms with Crippen molar-refractivity contribution < 1.29 is 4.79 Å². The Morgan fingerprint density at radius 3 is 2.16 bits per heavy atom. The van der Waals surface area contributed by atoms with Crippen molar-refractivity contribution in [2.75, 3.05) is 0 Å². The smallest absolute Gasteiger partial charge is 0.209 e. The maximum absolute atomic E-state index is 12.2. The molecule has 1 aliphatic heterocycles. The highest BCUT2D eigenvalue weighted by Gasteiger charge is 2.21. The normalized spacial score (nSPS) is 13.9. The van der Waals surface area contributed by atoms with Crippen molar-refractivity contribution >= 4 is 17.2 Å². The number of benzene rings is 2. The highest BCUT2D eigenvalue weighted by atomic mass is 16.1. The third-order valence-electron chi connectivity index (χ3n) is 3.03. The summed E-state index contributed by atoms with van der Waals surface area (Å²) < 4.78 is 0. The lowest BCUT2D eigenvalue weighted by atomic mass is 10.00. The van der Waals surface area contributed by atoms with Crippen molar-refractivity contribution in [3.63, 3.8) is 0 Å². The van der Waals surface area contributed by atoms with E-state index in [1.165, 1.54) is 0 Å². The summed E-state index contributed by atoms with van der Waals surface area (Å²) in [7, 11) is 0. The summed E-state index contributed by atoms with van der Waals surface area (Å²) in [6, 6.07) is 19.0. The molecule has 0 saturated carbocycles. The Morgan fingerprint density at radius 1 is 0.842 bits per heavy atom. The number of carbonyl (C=O) groups excluding carboxylic acids is 1. The molecule has 2 aromatic rings. The van der Waals surface area contributed by atoms with Crippen molar-refractivity contribution in [2.24, 2.45) is 10.2 Å². The Hall–Kier alpha value is -2.55. The van der Waals surface area contributed by atoms with E-state index in [-0.39, 0.29) is 5.78 Å². The van der Waals surface area contributed by atoms with Gasteiger partial charge in [-0.15, -0.1) is 0 Å². The van der Waals surface area contributed by atoms with Crippen LogP contribution in [-0.2, 0) is 0 Å². The summed E-state index contributed by atoms with van der Waals surface area (Å²) in [6.45, 7) is 0. The van der Waals surface area contributed by atoms with E-state index in [2.05, 4.69) is 10.2 Å². The van der Waals surface area contributed by atoms with Crippen LogP contribution in [0.4, 0.5) is 0 Å². The van der Waals surface area contributed by atoms with Gasteiger partial charge in [0.25, 0.3) is 0 Å². The molecule has 0 spiro atoms. The molecule has 0 N–H and O–H groups in total. The number of nitrogens with zero attached hydrogens (tertiary/aromatic N) is 2. The molecule has 3 heteroatoms. The second-order valence-corrected chi connectivity index (χ2v) is 4.33. The largest absolute Gasteiger partial charge is 0.287 e. The summed E-state index contributed by atoms with van der Waals surface area (Å²) in [5, 5.41) is 8.14. The van der Waals surface area contributed by atoms with Gasteiger partial charge in [-0.2, -0.15) is 10.2 Å². The Labute approximate surface area is 111 Å². The number of Topliss-reactive ketones (excluding diaryl/α,β-unsaturated/α-hetero) is 1. The first-order valence-corrected chi connectivity index (χ1v) is 6.13. The molecule has 0 saturated heterocycles. The van der Waals surface area contributed by atoms with Crippen molar-refractivity contribution in [3.8, 4) is 0 Å². The van der Waals surface area contributed by atoms with Gasteiger partial charge < -0.3 is 0 Å². The molecule has 0 unspecified atom stereocenters. The fraction of sp³-hybridized carbons (Fsp3) is 0.0625. The maximum Gasteiger partial charge on any atom is 0.209 e. The van der Waals surface area contributed by atoms with Gasteiger partial charge in [0.05, 0.1) is 5.71 Å². The highest BCUT2D eigenvalue weighted by Crippen LogP contribution is 2.14. The minimum atomic E-state index is -0.0460. The van der Waals surface area contributed by atoms with Crippen LogP contribution in [0, 0.1) is 0 Å². The predicted octanol–water partition coefficient (Wildman–Crippen LogP) is 3.12. The van der Waals surface area contributed by atoms with E-state index in [4.69, 9.17) is 0 Å². The monoisotopic (exact) mass is 248 g/mol. The number of rotatable bonds is 3. The molecule has 0 radical (unpaired) electrons. The third-order valence-corrected chi connectivity index (χ3v) is 3.03. The van der Waals surface area contributed by atoms with Gasteiger partial charge in [-0.3, -0.25) is 4.79 Å². The van der Waals surface area contributed by atoms with Gasteiger partial charge in [-0.1, -0.05) is 60.7 Å². The fourth-order valence-electron chi connectivity index (χ4n) is 2.02. The molecule has 3 nitrogen and oxygen atoms in total. The molecule has 0 bridgehead atoms. The number of carbonyl (C=O) groups is 1. The molecule has 0 aliphatic carbocycles. The number of ketones is 1. The van der Waals surface area contributed by atoms with Crippen LogP contribution in [0.3, 0.4) is 0 Å². The quantitative estimate of drug-likeness (QED) is 0.769. The highest BCUT2D eigenvalue weighted by molar-refractivity contribution is 6.50. The predicted molar refractivity (Wildman–Crippen MR) is 75.8 cm³/mol. The molecular formula is C16H12N2O. The minimum Gasteiger partial charge on any atom is -0.287 e. The Kier molecular flexibility index (Phi) is 3.02. The zero-order chi connectivity index (χ0) is 13.1. The molecule has 0 fully saturated rings. The average Bonchev–Trinajstić information content (AvgIpc) is 2.98. The molecule has 0 atom stereocenters. The molecule has 3 rings (SSSR count). The van der Waals surface area contributed by atoms with Crippen molar-refractivity contribution in [1.29, 1.82) is 0 Å². The first-order chi connectivity index (χ1) is 9.34. The van der Waals surface area contributed by atoms with E-state index < -0.39 is 0 Å². The first-order valence-electron chi connectivity index (χ1n) is 6.13. The lowest BCUT2D eigenvalue weighted by Gasteiger charge is -2.01. The zero-order valence-electron chi connectivity index (χ0n) is 10.3. The average molecular weight is 248 g/mol. The minimum absolute atomic E-state index is 0.0460. The summed E-state index contributed by atoms with van der Waals surface area (Å²) in [5.74, 6) is -0.0460. The summed E-state index contributed by atoms with van der Waals surface area (Å²) in [4.78, 5) is 12.2. The third kappa shape index (κ3) is 2.36. The van der Waals surface area contributed by atoms with Crippen LogP contribution in [-0.4, -0.2) is 17.2 Å². The lowest BCUT2D eigenvalue weighted by molar-refractivity contribution is 0.106. The van der Waals surface area contributed by atoms with Gasteiger partial charge in [-0.25, -0.2) is 0 Å². The second kappa shape index (κ2) is 4.98. The molecule has 0 amide bonds. The molecule has 1 aliphatic rings. The Balaban J connectivity index is 1.77. The van der Waals surface area contributed by atoms with Gasteiger partial charge in [0.1, 0.15) is 5.71 Å². The summed E-state index contributed by atoms with van der Waals surface area (Å²) in [6.07, 6.45) is 0.498. The van der Waals surface area contributed by atoms with Crippen LogP contribution in [0.5, 0.6) is 0 Å². The fourth-order valence-corrected chi connectivity index (χ4v) is 2.02. The molecule has 19 heavy (non-hydrogen) atoms.